The van der Waals surface area contributed by atoms with E-state index in [-0.39, 0.29) is 0 Å². The van der Waals surface area contributed by atoms with Crippen molar-refractivity contribution in [3.8, 4) is 17.4 Å². The predicted molar refractivity (Wildman–Crippen MR) is 251 cm³/mol. The van der Waals surface area contributed by atoms with Crippen molar-refractivity contribution < 1.29 is 4.42 Å². The zero-order valence-corrected chi connectivity index (χ0v) is 33.5. The lowest BCUT2D eigenvalue weighted by Gasteiger charge is -2.35. The van der Waals surface area contributed by atoms with Gasteiger partial charge in [-0.2, -0.15) is 5.26 Å². The third-order valence-electron chi connectivity index (χ3n) is 12.4. The molecule has 0 radical (unpaired) electrons. The van der Waals surface area contributed by atoms with Crippen LogP contribution in [0.1, 0.15) is 5.56 Å². The molecule has 0 saturated carbocycles. The molecule has 9 aromatic carbocycles. The van der Waals surface area contributed by atoms with Crippen molar-refractivity contribution in [1.29, 1.82) is 5.26 Å². The predicted octanol–water partition coefficient (Wildman–Crippen LogP) is 11.0. The van der Waals surface area contributed by atoms with Gasteiger partial charge in [0.15, 0.2) is 8.07 Å². The fourth-order valence-electron chi connectivity index (χ4n) is 9.94. The molecule has 0 spiro atoms. The van der Waals surface area contributed by atoms with Crippen molar-refractivity contribution >= 4 is 94.4 Å². The highest BCUT2D eigenvalue weighted by molar-refractivity contribution is 7.20. The lowest BCUT2D eigenvalue weighted by Crippen LogP contribution is -2.74. The van der Waals surface area contributed by atoms with Gasteiger partial charge < -0.3 is 13.6 Å². The van der Waals surface area contributed by atoms with Gasteiger partial charge in [-0.05, 0) is 87.5 Å². The topological polar surface area (TPSA) is 46.8 Å². The van der Waals surface area contributed by atoms with E-state index < -0.39 is 8.07 Å². The first kappa shape index (κ1) is 34.2. The van der Waals surface area contributed by atoms with Crippen LogP contribution in [0.2, 0.25) is 0 Å². The molecule has 0 atom stereocenters. The Labute approximate surface area is 347 Å². The van der Waals surface area contributed by atoms with E-state index >= 15 is 0 Å². The maximum Gasteiger partial charge on any atom is 0.179 e. The molecule has 0 saturated heterocycles. The van der Waals surface area contributed by atoms with E-state index in [9.17, 15) is 5.26 Å². The third-order valence-corrected chi connectivity index (χ3v) is 17.2. The Morgan fingerprint density at radius 3 is 1.50 bits per heavy atom. The van der Waals surface area contributed by atoms with Gasteiger partial charge in [-0.15, -0.1) is 0 Å². The molecule has 0 unspecified atom stereocenters. The normalized spacial score (nSPS) is 12.0. The minimum absolute atomic E-state index is 0.628. The molecule has 3 aromatic heterocycles. The molecule has 3 heterocycles. The molecule has 0 N–H and O–H groups in total. The van der Waals surface area contributed by atoms with Crippen molar-refractivity contribution in [3.63, 3.8) is 0 Å². The van der Waals surface area contributed by atoms with E-state index in [1.807, 2.05) is 18.2 Å². The SMILES string of the molecule is N#Cc1cc(-n2c3ccccc3c3ccccc32)cc([Si](c2ccccc2)(c2ccccc2)c2cccc(-n3c4ccccc4c4cc5oc6ccccc6c5cc43)c2)c1. The number of furan rings is 1. The molecule has 280 valence electrons. The summed E-state index contributed by atoms with van der Waals surface area (Å²) in [5.41, 5.74) is 8.93. The molecular weight excluding hydrogens is 747 g/mol. The summed E-state index contributed by atoms with van der Waals surface area (Å²) in [6, 6.07) is 78.9. The van der Waals surface area contributed by atoms with Crippen LogP contribution < -0.4 is 20.7 Å². The van der Waals surface area contributed by atoms with E-state index in [0.29, 0.717) is 5.56 Å². The number of rotatable bonds is 6. The lowest BCUT2D eigenvalue weighted by atomic mass is 10.1. The smallest absolute Gasteiger partial charge is 0.179 e. The number of benzene rings is 9. The first-order valence-electron chi connectivity index (χ1n) is 20.3. The Balaban J connectivity index is 1.18. The van der Waals surface area contributed by atoms with Crippen molar-refractivity contribution in [2.45, 2.75) is 0 Å². The fraction of sp³-hybridized carbons (Fsp3) is 0. The molecule has 12 aromatic rings. The Morgan fingerprint density at radius 1 is 0.350 bits per heavy atom. The number of aromatic nitrogens is 2. The summed E-state index contributed by atoms with van der Waals surface area (Å²) in [5, 5.41) is 22.6. The Hall–Kier alpha value is -7.91. The monoisotopic (exact) mass is 781 g/mol. The summed E-state index contributed by atoms with van der Waals surface area (Å²) in [5.74, 6) is 0. The van der Waals surface area contributed by atoms with Gasteiger partial charge in [0.1, 0.15) is 11.2 Å². The highest BCUT2D eigenvalue weighted by atomic mass is 28.3. The zero-order chi connectivity index (χ0) is 39.8. The standard InChI is InChI=1S/C55H35N3OSi/c56-36-37-30-39(58-50-26-11-7-22-44(50)45-23-8-12-27-51(45)58)33-43(31-37)60(40-17-3-1-4-18-40,41-19-5-2-6-20-41)42-21-15-16-38(32-42)57-52-28-13-9-24-46(52)48-35-55-49(34-53(48)57)47-25-10-14-29-54(47)59-55/h1-35H. The summed E-state index contributed by atoms with van der Waals surface area (Å²) >= 11 is 0. The van der Waals surface area contributed by atoms with E-state index in [1.165, 1.54) is 31.7 Å². The summed E-state index contributed by atoms with van der Waals surface area (Å²) in [6.45, 7) is 0. The van der Waals surface area contributed by atoms with E-state index in [1.54, 1.807) is 0 Å². The van der Waals surface area contributed by atoms with Gasteiger partial charge in [0, 0.05) is 43.7 Å². The second-order valence-corrected chi connectivity index (χ2v) is 19.4. The third kappa shape index (κ3) is 4.95. The van der Waals surface area contributed by atoms with Gasteiger partial charge in [0.25, 0.3) is 0 Å². The van der Waals surface area contributed by atoms with Gasteiger partial charge in [-0.1, -0.05) is 146 Å². The molecule has 0 fully saturated rings. The van der Waals surface area contributed by atoms with Crippen molar-refractivity contribution in [2.75, 3.05) is 0 Å². The van der Waals surface area contributed by atoms with Gasteiger partial charge in [-0.25, -0.2) is 0 Å². The molecule has 0 aliphatic carbocycles. The van der Waals surface area contributed by atoms with E-state index in [4.69, 9.17) is 4.42 Å². The first-order chi connectivity index (χ1) is 29.7. The highest BCUT2D eigenvalue weighted by Gasteiger charge is 2.42. The van der Waals surface area contributed by atoms with Crippen LogP contribution in [-0.2, 0) is 0 Å². The molecule has 4 nitrogen and oxygen atoms in total. The minimum atomic E-state index is -3.17. The Bertz CT molecular complexity index is 3590. The molecule has 0 aliphatic heterocycles. The molecule has 0 aliphatic rings. The second kappa shape index (κ2) is 13.3. The number of nitriles is 1. The van der Waals surface area contributed by atoms with Crippen LogP contribution in [0.5, 0.6) is 0 Å². The van der Waals surface area contributed by atoms with Crippen LogP contribution in [0.15, 0.2) is 217 Å². The van der Waals surface area contributed by atoms with Crippen LogP contribution in [-0.4, -0.2) is 17.2 Å². The van der Waals surface area contributed by atoms with Crippen LogP contribution in [0.25, 0.3) is 76.9 Å². The van der Waals surface area contributed by atoms with Crippen LogP contribution in [0.3, 0.4) is 0 Å². The summed E-state index contributed by atoms with van der Waals surface area (Å²) < 4.78 is 11.2. The molecule has 12 rings (SSSR count). The fourth-order valence-corrected chi connectivity index (χ4v) is 14.8. The van der Waals surface area contributed by atoms with Crippen LogP contribution in [0.4, 0.5) is 0 Å². The Kier molecular flexibility index (Phi) is 7.58. The molecule has 5 heteroatoms. The van der Waals surface area contributed by atoms with Gasteiger partial charge in [0.2, 0.25) is 0 Å². The maximum absolute atomic E-state index is 10.8. The van der Waals surface area contributed by atoms with Crippen molar-refractivity contribution in [3.05, 3.63) is 218 Å². The number of nitrogens with zero attached hydrogens (tertiary/aromatic N) is 3. The van der Waals surface area contributed by atoms with Crippen molar-refractivity contribution in [1.82, 2.24) is 9.13 Å². The molecule has 0 amide bonds. The average Bonchev–Trinajstić information content (AvgIpc) is 3.96. The van der Waals surface area contributed by atoms with Gasteiger partial charge >= 0.3 is 0 Å². The second-order valence-electron chi connectivity index (χ2n) is 15.6. The number of hydrogen-bond acceptors (Lipinski definition) is 2. The van der Waals surface area contributed by atoms with Crippen LogP contribution in [0, 0.1) is 11.3 Å². The number of para-hydroxylation sites is 4. The summed E-state index contributed by atoms with van der Waals surface area (Å²) in [6.07, 6.45) is 0. The average molecular weight is 782 g/mol. The quantitative estimate of drug-likeness (QED) is 0.125. The highest BCUT2D eigenvalue weighted by Crippen LogP contribution is 2.38. The van der Waals surface area contributed by atoms with Crippen molar-refractivity contribution in [2.24, 2.45) is 0 Å². The minimum Gasteiger partial charge on any atom is -0.456 e. The summed E-state index contributed by atoms with van der Waals surface area (Å²) in [4.78, 5) is 0. The lowest BCUT2D eigenvalue weighted by molar-refractivity contribution is 0.669. The molecule has 60 heavy (non-hydrogen) atoms. The zero-order valence-electron chi connectivity index (χ0n) is 32.5. The molecule has 0 bridgehead atoms. The Morgan fingerprint density at radius 2 is 0.867 bits per heavy atom. The van der Waals surface area contributed by atoms with Crippen LogP contribution >= 0.6 is 0 Å². The largest absolute Gasteiger partial charge is 0.456 e. The van der Waals surface area contributed by atoms with E-state index in [0.717, 1.165) is 66.0 Å². The van der Waals surface area contributed by atoms with Gasteiger partial charge in [-0.3, -0.25) is 0 Å². The summed E-state index contributed by atoms with van der Waals surface area (Å²) in [7, 11) is -3.17. The first-order valence-corrected chi connectivity index (χ1v) is 22.3. The molecular formula is C55H35N3OSi. The number of hydrogen-bond donors (Lipinski definition) is 0. The van der Waals surface area contributed by atoms with E-state index in [2.05, 4.69) is 209 Å². The van der Waals surface area contributed by atoms with Gasteiger partial charge in [0.05, 0.1) is 33.7 Å². The maximum atomic E-state index is 10.8. The number of fused-ring (bicyclic) bond motifs is 9.